The molecule has 0 fully saturated rings. The van der Waals surface area contributed by atoms with Gasteiger partial charge in [0, 0.05) is 10.8 Å². The van der Waals surface area contributed by atoms with Crippen LogP contribution < -0.4 is 14.2 Å². The second kappa shape index (κ2) is 34.2. The average Bonchev–Trinajstić information content (AvgIpc) is 3.39. The monoisotopic (exact) mass is 892 g/mol. The van der Waals surface area contributed by atoms with Gasteiger partial charge in [-0.3, -0.25) is 0 Å². The molecule has 0 saturated heterocycles. The summed E-state index contributed by atoms with van der Waals surface area (Å²) in [5, 5.41) is 31.1. The summed E-state index contributed by atoms with van der Waals surface area (Å²) in [6.07, 6.45) is 11.0. The second-order valence-corrected chi connectivity index (χ2v) is 13.5. The van der Waals surface area contributed by atoms with Gasteiger partial charge in [0.25, 0.3) is 18.8 Å². The number of carbonyl (C=O) groups excluding carboxylic acids is 1. The lowest BCUT2D eigenvalue weighted by atomic mass is 10.1. The Balaban J connectivity index is 0.000000413. The quantitative estimate of drug-likeness (QED) is 0.0844. The van der Waals surface area contributed by atoms with Crippen molar-refractivity contribution in [1.82, 2.24) is 0 Å². The Bertz CT molecular complexity index is 2620. The Labute approximate surface area is 399 Å². The zero-order valence-corrected chi connectivity index (χ0v) is 39.4. The van der Waals surface area contributed by atoms with Crippen molar-refractivity contribution < 1.29 is 19.0 Å². The first-order chi connectivity index (χ1) is 32.4. The van der Waals surface area contributed by atoms with Crippen LogP contribution in [0.4, 0.5) is 5.69 Å². The molecule has 0 aliphatic carbocycles. The number of hydrogen-bond donors (Lipinski definition) is 0. The van der Waals surface area contributed by atoms with Crippen molar-refractivity contribution in [1.29, 1.82) is 15.8 Å². The number of aliphatic imine (C=N–C) groups is 1. The molecule has 8 nitrogen and oxygen atoms in total. The highest BCUT2D eigenvalue weighted by Gasteiger charge is 2.01. The fraction of sp³-hybridized carbons (Fsp3) is 0.220. The predicted molar refractivity (Wildman–Crippen MR) is 278 cm³/mol. The summed E-state index contributed by atoms with van der Waals surface area (Å²) in [7, 11) is 0. The molecule has 0 saturated carbocycles. The summed E-state index contributed by atoms with van der Waals surface area (Å²) in [6, 6.07) is 55.1. The van der Waals surface area contributed by atoms with Crippen molar-refractivity contribution in [3.05, 3.63) is 192 Å². The number of rotatable bonds is 8. The minimum Gasteiger partial charge on any atom is -0.388 e. The zero-order valence-electron chi connectivity index (χ0n) is 39.4. The molecular formula is C59H64N4O4. The van der Waals surface area contributed by atoms with Crippen LogP contribution in [-0.4, -0.2) is 6.08 Å². The van der Waals surface area contributed by atoms with E-state index in [1.54, 1.807) is 55.2 Å². The fourth-order valence-corrected chi connectivity index (χ4v) is 6.14. The van der Waals surface area contributed by atoms with Crippen LogP contribution in [0.1, 0.15) is 85.1 Å². The Morgan fingerprint density at radius 2 is 0.791 bits per heavy atom. The molecule has 0 spiro atoms. The Morgan fingerprint density at radius 3 is 1.16 bits per heavy atom. The standard InChI is InChI=1S/C12H6N2O2.2C11H7NO.2C10H14.2C2H6.CH4/c13-7-16-12-4-2-9-1-3-11(14-8-15)5-10(9)6-12;2*12-8-13-11-7-3-5-9-4-1-2-6-10(9)11;2*1-3-9-5-7-10(4-2)8-6-9;2*1-2;/h1-6H;2*1-7H;2*5-8H,3-4H2,1-2H3;2*1-2H3;1H4. The summed E-state index contributed by atoms with van der Waals surface area (Å²) in [5.74, 6) is 1.68. The average molecular weight is 893 g/mol. The molecule has 0 unspecified atom stereocenters. The van der Waals surface area contributed by atoms with Gasteiger partial charge in [-0.25, -0.2) is 4.79 Å². The molecule has 344 valence electrons. The molecule has 0 radical (unpaired) electrons. The van der Waals surface area contributed by atoms with Gasteiger partial charge in [-0.15, -0.1) is 15.8 Å². The van der Waals surface area contributed by atoms with Crippen LogP contribution >= 0.6 is 0 Å². The van der Waals surface area contributed by atoms with Crippen LogP contribution in [-0.2, 0) is 30.5 Å². The van der Waals surface area contributed by atoms with E-state index in [4.69, 9.17) is 30.0 Å². The first-order valence-corrected chi connectivity index (χ1v) is 22.3. The van der Waals surface area contributed by atoms with Gasteiger partial charge in [-0.05, 0) is 106 Å². The first-order valence-electron chi connectivity index (χ1n) is 22.3. The first kappa shape index (κ1) is 56.8. The van der Waals surface area contributed by atoms with Crippen LogP contribution in [0.15, 0.2) is 175 Å². The molecule has 8 rings (SSSR count). The number of isocyanates is 1. The number of nitrogens with zero attached hydrogens (tertiary/aromatic N) is 4. The van der Waals surface area contributed by atoms with Gasteiger partial charge in [-0.1, -0.05) is 196 Å². The molecule has 0 heterocycles. The third-order valence-corrected chi connectivity index (χ3v) is 9.62. The topological polar surface area (TPSA) is 128 Å². The maximum atomic E-state index is 10.1. The maximum absolute atomic E-state index is 10.1. The van der Waals surface area contributed by atoms with E-state index in [-0.39, 0.29) is 7.43 Å². The molecule has 0 atom stereocenters. The third-order valence-electron chi connectivity index (χ3n) is 9.62. The van der Waals surface area contributed by atoms with E-state index in [0.717, 1.165) is 58.0 Å². The number of hydrogen-bond acceptors (Lipinski definition) is 8. The Kier molecular flexibility index (Phi) is 29.0. The van der Waals surface area contributed by atoms with Gasteiger partial charge in [0.15, 0.2) is 0 Å². The highest BCUT2D eigenvalue weighted by atomic mass is 16.5. The lowest BCUT2D eigenvalue weighted by Gasteiger charge is -2.00. The van der Waals surface area contributed by atoms with E-state index in [2.05, 4.69) is 81.2 Å². The summed E-state index contributed by atoms with van der Waals surface area (Å²) in [6.45, 7) is 16.7. The van der Waals surface area contributed by atoms with Gasteiger partial charge in [0.1, 0.15) is 17.2 Å². The van der Waals surface area contributed by atoms with Gasteiger partial charge < -0.3 is 14.2 Å². The third kappa shape index (κ3) is 19.6. The number of aryl methyl sites for hydroxylation is 4. The van der Waals surface area contributed by atoms with Crippen molar-refractivity contribution in [3.63, 3.8) is 0 Å². The molecule has 0 aromatic heterocycles. The van der Waals surface area contributed by atoms with Crippen molar-refractivity contribution in [2.24, 2.45) is 4.99 Å². The summed E-state index contributed by atoms with van der Waals surface area (Å²) in [5.41, 5.74) is 6.24. The van der Waals surface area contributed by atoms with Gasteiger partial charge in [0.05, 0.1) is 5.69 Å². The fourth-order valence-electron chi connectivity index (χ4n) is 6.14. The Morgan fingerprint density at radius 1 is 0.418 bits per heavy atom. The molecule has 0 aliphatic heterocycles. The minimum absolute atomic E-state index is 0. The van der Waals surface area contributed by atoms with E-state index < -0.39 is 0 Å². The SMILES string of the molecule is C.CC.CC.CCc1ccc(CC)cc1.CCc1ccc(CC)cc1.N#COc1ccc2ccc(N=C=O)cc2c1.N#COc1cccc2ccccc12.N#COc1cccc2ccccc12. The van der Waals surface area contributed by atoms with Crippen LogP contribution in [0.2, 0.25) is 0 Å². The summed E-state index contributed by atoms with van der Waals surface area (Å²) in [4.78, 5) is 13.6. The molecule has 0 amide bonds. The number of benzene rings is 8. The number of nitriles is 3. The van der Waals surface area contributed by atoms with Crippen LogP contribution in [0.5, 0.6) is 17.2 Å². The maximum Gasteiger partial charge on any atom is 0.292 e. The van der Waals surface area contributed by atoms with Gasteiger partial charge in [0.2, 0.25) is 6.08 Å². The molecule has 8 heteroatoms. The Hall–Kier alpha value is -8.21. The van der Waals surface area contributed by atoms with E-state index in [1.807, 2.05) is 113 Å². The number of ether oxygens (including phenoxy) is 3. The molecule has 67 heavy (non-hydrogen) atoms. The summed E-state index contributed by atoms with van der Waals surface area (Å²) < 4.78 is 14.4. The molecular weight excluding hydrogens is 829 g/mol. The molecule has 8 aromatic carbocycles. The molecule has 0 aliphatic rings. The minimum atomic E-state index is 0. The smallest absolute Gasteiger partial charge is 0.292 e. The van der Waals surface area contributed by atoms with Crippen LogP contribution in [0.25, 0.3) is 32.3 Å². The van der Waals surface area contributed by atoms with Crippen molar-refractivity contribution in [2.75, 3.05) is 0 Å². The van der Waals surface area contributed by atoms with E-state index >= 15 is 0 Å². The lowest BCUT2D eigenvalue weighted by Crippen LogP contribution is -1.82. The predicted octanol–water partition coefficient (Wildman–Crippen LogP) is 16.4. The van der Waals surface area contributed by atoms with E-state index in [1.165, 1.54) is 28.3 Å². The van der Waals surface area contributed by atoms with Crippen molar-refractivity contribution >= 4 is 44.1 Å². The second-order valence-electron chi connectivity index (χ2n) is 13.5. The number of fused-ring (bicyclic) bond motifs is 3. The normalized spacial score (nSPS) is 8.97. The van der Waals surface area contributed by atoms with Crippen molar-refractivity contribution in [2.45, 2.75) is 88.5 Å². The molecule has 0 N–H and O–H groups in total. The van der Waals surface area contributed by atoms with Crippen molar-refractivity contribution in [3.8, 4) is 36.0 Å². The zero-order chi connectivity index (χ0) is 48.4. The largest absolute Gasteiger partial charge is 0.388 e. The summed E-state index contributed by atoms with van der Waals surface area (Å²) >= 11 is 0. The van der Waals surface area contributed by atoms with Gasteiger partial charge >= 0.3 is 0 Å². The van der Waals surface area contributed by atoms with E-state index in [9.17, 15) is 4.79 Å². The van der Waals surface area contributed by atoms with Crippen LogP contribution in [0, 0.1) is 34.6 Å². The lowest BCUT2D eigenvalue weighted by molar-refractivity contribution is 0.508. The molecule has 0 bridgehead atoms. The highest BCUT2D eigenvalue weighted by Crippen LogP contribution is 2.27. The van der Waals surface area contributed by atoms with E-state index in [0.29, 0.717) is 22.9 Å². The van der Waals surface area contributed by atoms with Gasteiger partial charge in [-0.2, -0.15) is 4.99 Å². The van der Waals surface area contributed by atoms with Crippen LogP contribution in [0.3, 0.4) is 0 Å². The molecule has 8 aromatic rings. The highest BCUT2D eigenvalue weighted by molar-refractivity contribution is 5.89.